The topological polar surface area (TPSA) is 78.5 Å². The minimum Gasteiger partial charge on any atom is -0.379 e. The molecule has 0 saturated heterocycles. The Morgan fingerprint density at radius 2 is 1.70 bits per heavy atom. The van der Waals surface area contributed by atoms with Crippen LogP contribution in [-0.2, 0) is 14.8 Å². The standard InChI is InChI=1S/C25H31Cl2F2N3O3S2/c1-32(2)13-10-18(16-36-19-8-6-17(28)7-9-19)30-23-21(26)14-20(15-22(23)27)37(34,35)31-24(33)25(29)11-4-3-5-12-25/h6-9,14-15,18,30H,3-5,10-13,16H2,1-2H3,(H,31,33)/t18-/m1/s1. The number of benzene rings is 2. The summed E-state index contributed by atoms with van der Waals surface area (Å²) in [6, 6.07) is 8.47. The summed E-state index contributed by atoms with van der Waals surface area (Å²) in [5.41, 5.74) is -1.85. The number of hydrogen-bond acceptors (Lipinski definition) is 6. The van der Waals surface area contributed by atoms with Gasteiger partial charge in [0.15, 0.2) is 5.67 Å². The number of alkyl halides is 1. The van der Waals surface area contributed by atoms with E-state index in [0.29, 0.717) is 24.3 Å². The van der Waals surface area contributed by atoms with Crippen LogP contribution in [0.25, 0.3) is 0 Å². The minimum absolute atomic E-state index is 0.0109. The Bertz CT molecular complexity index is 1170. The van der Waals surface area contributed by atoms with Crippen LogP contribution < -0.4 is 10.0 Å². The average molecular weight is 595 g/mol. The lowest BCUT2D eigenvalue weighted by molar-refractivity contribution is -0.133. The van der Waals surface area contributed by atoms with Crippen molar-refractivity contribution in [3.63, 3.8) is 0 Å². The van der Waals surface area contributed by atoms with Crippen LogP contribution in [0.4, 0.5) is 14.5 Å². The molecule has 0 heterocycles. The highest BCUT2D eigenvalue weighted by Gasteiger charge is 2.41. The summed E-state index contributed by atoms with van der Waals surface area (Å²) in [6.07, 6.45) is 2.56. The van der Waals surface area contributed by atoms with Gasteiger partial charge in [-0.15, -0.1) is 11.8 Å². The van der Waals surface area contributed by atoms with Gasteiger partial charge in [-0.1, -0.05) is 29.6 Å². The largest absolute Gasteiger partial charge is 0.379 e. The molecule has 2 aromatic rings. The van der Waals surface area contributed by atoms with Crippen molar-refractivity contribution in [2.24, 2.45) is 0 Å². The number of nitrogens with one attached hydrogen (secondary N) is 2. The van der Waals surface area contributed by atoms with Gasteiger partial charge in [0.1, 0.15) is 5.82 Å². The summed E-state index contributed by atoms with van der Waals surface area (Å²) < 4.78 is 55.8. The highest BCUT2D eigenvalue weighted by atomic mass is 35.5. The van der Waals surface area contributed by atoms with Gasteiger partial charge < -0.3 is 10.2 Å². The molecule has 1 amide bonds. The van der Waals surface area contributed by atoms with Crippen molar-refractivity contribution >= 4 is 56.6 Å². The molecule has 37 heavy (non-hydrogen) atoms. The van der Waals surface area contributed by atoms with Crippen molar-refractivity contribution in [3.05, 3.63) is 52.3 Å². The van der Waals surface area contributed by atoms with Crippen LogP contribution in [-0.4, -0.2) is 57.3 Å². The third-order valence-electron chi connectivity index (χ3n) is 6.14. The molecule has 204 valence electrons. The normalized spacial score (nSPS) is 16.4. The number of hydrogen-bond donors (Lipinski definition) is 2. The Morgan fingerprint density at radius 3 is 2.27 bits per heavy atom. The Morgan fingerprint density at radius 1 is 1.11 bits per heavy atom. The highest BCUT2D eigenvalue weighted by Crippen LogP contribution is 2.36. The second-order valence-electron chi connectivity index (χ2n) is 9.42. The third kappa shape index (κ3) is 8.45. The van der Waals surface area contributed by atoms with E-state index in [-0.39, 0.29) is 39.6 Å². The van der Waals surface area contributed by atoms with E-state index in [1.807, 2.05) is 23.7 Å². The van der Waals surface area contributed by atoms with Crippen LogP contribution in [0.1, 0.15) is 38.5 Å². The number of nitrogens with zero attached hydrogens (tertiary/aromatic N) is 1. The van der Waals surface area contributed by atoms with Crippen molar-refractivity contribution in [2.45, 2.75) is 60.0 Å². The summed E-state index contributed by atoms with van der Waals surface area (Å²) in [6.45, 7) is 0.764. The fourth-order valence-corrected chi connectivity index (χ4v) is 6.79. The molecule has 1 aliphatic rings. The number of halogens is 4. The zero-order valence-electron chi connectivity index (χ0n) is 20.7. The maximum absolute atomic E-state index is 15.0. The van der Waals surface area contributed by atoms with E-state index in [1.54, 1.807) is 12.1 Å². The maximum atomic E-state index is 15.0. The molecule has 1 aliphatic carbocycles. The Hall–Kier alpha value is -1.59. The van der Waals surface area contributed by atoms with E-state index in [4.69, 9.17) is 23.2 Å². The molecule has 1 atom stereocenters. The second-order valence-corrected chi connectivity index (χ2v) is 13.0. The van der Waals surface area contributed by atoms with Gasteiger partial charge in [0.05, 0.1) is 20.6 Å². The molecule has 6 nitrogen and oxygen atoms in total. The van der Waals surface area contributed by atoms with Gasteiger partial charge in [-0.05, 0) is 89.1 Å². The van der Waals surface area contributed by atoms with Gasteiger partial charge in [-0.3, -0.25) is 4.79 Å². The summed E-state index contributed by atoms with van der Waals surface area (Å²) in [5.74, 6) is -0.860. The monoisotopic (exact) mass is 593 g/mol. The highest BCUT2D eigenvalue weighted by molar-refractivity contribution is 7.99. The molecule has 1 saturated carbocycles. The zero-order chi connectivity index (χ0) is 27.2. The molecule has 2 N–H and O–H groups in total. The van der Waals surface area contributed by atoms with Crippen LogP contribution in [0.15, 0.2) is 46.2 Å². The first-order valence-electron chi connectivity index (χ1n) is 11.9. The van der Waals surface area contributed by atoms with Gasteiger partial charge in [-0.25, -0.2) is 21.9 Å². The SMILES string of the molecule is CN(C)CC[C@H](CSc1ccc(F)cc1)Nc1c(Cl)cc(S(=O)(=O)NC(=O)C2(F)CCCCC2)cc1Cl. The predicted octanol–water partition coefficient (Wildman–Crippen LogP) is 6.13. The Labute approximate surface area is 231 Å². The van der Waals surface area contributed by atoms with Gasteiger partial charge in [0.25, 0.3) is 15.9 Å². The molecule has 1 fully saturated rings. The van der Waals surface area contributed by atoms with E-state index in [0.717, 1.165) is 24.3 Å². The lowest BCUT2D eigenvalue weighted by Crippen LogP contribution is -2.46. The van der Waals surface area contributed by atoms with Gasteiger partial charge in [-0.2, -0.15) is 0 Å². The van der Waals surface area contributed by atoms with Crippen molar-refractivity contribution in [2.75, 3.05) is 31.7 Å². The average Bonchev–Trinajstić information content (AvgIpc) is 2.83. The number of thioether (sulfide) groups is 1. The minimum atomic E-state index is -4.39. The van der Waals surface area contributed by atoms with Crippen molar-refractivity contribution in [1.29, 1.82) is 0 Å². The smallest absolute Gasteiger partial charge is 0.271 e. The van der Waals surface area contributed by atoms with Crippen LogP contribution in [0, 0.1) is 5.82 Å². The summed E-state index contributed by atoms with van der Waals surface area (Å²) in [7, 11) is -0.483. The van der Waals surface area contributed by atoms with Crippen molar-refractivity contribution in [3.8, 4) is 0 Å². The van der Waals surface area contributed by atoms with E-state index in [2.05, 4.69) is 5.32 Å². The van der Waals surface area contributed by atoms with Gasteiger partial charge in [0, 0.05) is 16.7 Å². The fourth-order valence-electron chi connectivity index (χ4n) is 4.00. The molecule has 0 radical (unpaired) electrons. The quantitative estimate of drug-likeness (QED) is 0.305. The molecule has 0 spiro atoms. The number of sulfonamides is 1. The summed E-state index contributed by atoms with van der Waals surface area (Å²) in [5, 5.41) is 3.40. The van der Waals surface area contributed by atoms with E-state index < -0.39 is 21.6 Å². The van der Waals surface area contributed by atoms with Crippen LogP contribution >= 0.6 is 35.0 Å². The van der Waals surface area contributed by atoms with E-state index in [1.165, 1.54) is 36.0 Å². The van der Waals surface area contributed by atoms with E-state index >= 15 is 0 Å². The first-order chi connectivity index (χ1) is 17.4. The summed E-state index contributed by atoms with van der Waals surface area (Å²) >= 11 is 14.4. The number of carbonyl (C=O) groups excluding carboxylic acids is 1. The molecule has 3 rings (SSSR count). The molecular weight excluding hydrogens is 563 g/mol. The molecule has 0 bridgehead atoms. The first kappa shape index (κ1) is 30.0. The molecule has 0 unspecified atom stereocenters. The lowest BCUT2D eigenvalue weighted by atomic mass is 9.86. The molecular formula is C25H31Cl2F2N3O3S2. The van der Waals surface area contributed by atoms with Gasteiger partial charge in [0.2, 0.25) is 0 Å². The predicted molar refractivity (Wildman–Crippen MR) is 146 cm³/mol. The lowest BCUT2D eigenvalue weighted by Gasteiger charge is -2.27. The number of amides is 1. The van der Waals surface area contributed by atoms with Crippen LogP contribution in [0.2, 0.25) is 10.0 Å². The zero-order valence-corrected chi connectivity index (χ0v) is 23.8. The Kier molecular flexibility index (Phi) is 10.5. The number of anilines is 1. The van der Waals surface area contributed by atoms with Crippen LogP contribution in [0.3, 0.4) is 0 Å². The second kappa shape index (κ2) is 13.0. The summed E-state index contributed by atoms with van der Waals surface area (Å²) in [4.78, 5) is 15.1. The molecule has 0 aromatic heterocycles. The molecule has 2 aromatic carbocycles. The van der Waals surface area contributed by atoms with Crippen LogP contribution in [0.5, 0.6) is 0 Å². The number of carbonyl (C=O) groups is 1. The molecule has 0 aliphatic heterocycles. The first-order valence-corrected chi connectivity index (χ1v) is 15.2. The van der Waals surface area contributed by atoms with Crippen molar-refractivity contribution in [1.82, 2.24) is 9.62 Å². The maximum Gasteiger partial charge on any atom is 0.271 e. The number of rotatable bonds is 11. The van der Waals surface area contributed by atoms with Gasteiger partial charge >= 0.3 is 0 Å². The van der Waals surface area contributed by atoms with E-state index in [9.17, 15) is 22.0 Å². The van der Waals surface area contributed by atoms with Crippen molar-refractivity contribution < 1.29 is 22.0 Å². The third-order valence-corrected chi connectivity index (χ3v) is 9.23. The fraction of sp³-hybridized carbons (Fsp3) is 0.480. The molecule has 12 heteroatoms. The Balaban J connectivity index is 1.75.